The summed E-state index contributed by atoms with van der Waals surface area (Å²) in [7, 11) is -7.32. The molecular weight excluding hydrogens is 593 g/mol. The second-order valence-corrected chi connectivity index (χ2v) is 10.6. The molecule has 17 heteroatoms. The third kappa shape index (κ3) is 4.13. The average Bonchev–Trinajstić information content (AvgIpc) is 2.90. The summed E-state index contributed by atoms with van der Waals surface area (Å²) in [6, 6.07) is 0. The lowest BCUT2D eigenvalue weighted by atomic mass is 10.3. The number of benzene rings is 3. The van der Waals surface area contributed by atoms with Crippen LogP contribution in [0.15, 0.2) is 12.3 Å². The smallest absolute Gasteiger partial charge is 0.364 e. The number of halogens is 15. The Kier molecular flexibility index (Phi) is 7.79. The summed E-state index contributed by atoms with van der Waals surface area (Å²) in [4.78, 5) is 0. The van der Waals surface area contributed by atoms with E-state index in [1.54, 1.807) is 0 Å². The first kappa shape index (κ1) is 29.9. The van der Waals surface area contributed by atoms with Gasteiger partial charge in [0.1, 0.15) is 0 Å². The first-order valence-electron chi connectivity index (χ1n) is 9.91. The highest BCUT2D eigenvalue weighted by Crippen LogP contribution is 2.29. The van der Waals surface area contributed by atoms with E-state index in [4.69, 9.17) is 4.43 Å². The molecule has 210 valence electrons. The van der Waals surface area contributed by atoms with Gasteiger partial charge in [-0.2, -0.15) is 0 Å². The van der Waals surface area contributed by atoms with Gasteiger partial charge in [-0.25, -0.2) is 65.9 Å². The molecule has 3 rings (SSSR count). The second-order valence-electron chi connectivity index (χ2n) is 7.51. The molecule has 1 nitrogen and oxygen atoms in total. The van der Waals surface area contributed by atoms with Crippen molar-refractivity contribution in [3.05, 3.63) is 99.6 Å². The van der Waals surface area contributed by atoms with Crippen molar-refractivity contribution in [2.24, 2.45) is 0 Å². The summed E-state index contributed by atoms with van der Waals surface area (Å²) >= 11 is 0. The van der Waals surface area contributed by atoms with Crippen molar-refractivity contribution >= 4 is 23.9 Å². The lowest BCUT2D eigenvalue weighted by Crippen LogP contribution is -2.75. The summed E-state index contributed by atoms with van der Waals surface area (Å²) in [6.45, 7) is 3.98. The van der Waals surface area contributed by atoms with Crippen LogP contribution in [0.5, 0.6) is 0 Å². The largest absolute Gasteiger partial charge is 0.534 e. The van der Waals surface area contributed by atoms with Gasteiger partial charge in [-0.05, 0) is 6.42 Å². The highest BCUT2D eigenvalue weighted by atomic mass is 28.4. The maximum atomic E-state index is 15.1. The Balaban J connectivity index is 2.91. The lowest BCUT2D eigenvalue weighted by molar-refractivity contribution is 0.364. The second kappa shape index (κ2) is 10.2. The molecule has 0 N–H and O–H groups in total. The lowest BCUT2D eigenvalue weighted by Gasteiger charge is -2.35. The zero-order valence-corrected chi connectivity index (χ0v) is 19.5. The van der Waals surface area contributed by atoms with E-state index in [1.807, 2.05) is 0 Å². The molecule has 0 aliphatic heterocycles. The molecule has 0 atom stereocenters. The molecule has 3 aromatic carbocycles. The molecule has 0 spiro atoms. The fraction of sp³-hybridized carbons (Fsp3) is 0.0909. The van der Waals surface area contributed by atoms with Crippen LogP contribution in [-0.2, 0) is 4.43 Å². The van der Waals surface area contributed by atoms with Gasteiger partial charge < -0.3 is 4.43 Å². The van der Waals surface area contributed by atoms with Crippen LogP contribution in [0.2, 0.25) is 0 Å². The van der Waals surface area contributed by atoms with Crippen molar-refractivity contribution in [2.45, 2.75) is 13.3 Å². The SMILES string of the molecule is C=C(CC)O[Si](c1c(F)c(F)c(F)c(F)c1F)(c1c(F)c(F)c(F)c(F)c1F)c1c(F)c(F)c(F)c(F)c1F. The highest BCUT2D eigenvalue weighted by Gasteiger charge is 2.59. The van der Waals surface area contributed by atoms with Crippen LogP contribution in [-0.4, -0.2) is 8.32 Å². The quantitative estimate of drug-likeness (QED) is 0.0885. The Morgan fingerprint density at radius 2 is 0.615 bits per heavy atom. The molecular formula is C22H7F15OSi. The van der Waals surface area contributed by atoms with Gasteiger partial charge in [0.2, 0.25) is 17.5 Å². The molecule has 0 aliphatic carbocycles. The summed E-state index contributed by atoms with van der Waals surface area (Å²) in [5, 5.41) is -8.33. The molecule has 0 aliphatic rings. The van der Waals surface area contributed by atoms with Gasteiger partial charge in [0.15, 0.2) is 69.8 Å². The minimum atomic E-state index is -7.32. The van der Waals surface area contributed by atoms with Crippen LogP contribution in [0.1, 0.15) is 13.3 Å². The minimum Gasteiger partial charge on any atom is -0.534 e. The first-order chi connectivity index (χ1) is 18.0. The predicted octanol–water partition coefficient (Wildman–Crippen LogP) is 5.68. The van der Waals surface area contributed by atoms with Crippen molar-refractivity contribution in [3.63, 3.8) is 0 Å². The van der Waals surface area contributed by atoms with E-state index in [-0.39, 0.29) is 0 Å². The summed E-state index contributed by atoms with van der Waals surface area (Å²) in [5.74, 6) is -47.4. The maximum Gasteiger partial charge on any atom is 0.364 e. The summed E-state index contributed by atoms with van der Waals surface area (Å²) in [5.41, 5.74) is 0. The number of allylic oxidation sites excluding steroid dienone is 1. The Morgan fingerprint density at radius 1 is 0.436 bits per heavy atom. The van der Waals surface area contributed by atoms with Crippen molar-refractivity contribution < 1.29 is 70.3 Å². The van der Waals surface area contributed by atoms with Gasteiger partial charge in [0.25, 0.3) is 0 Å². The van der Waals surface area contributed by atoms with Crippen LogP contribution in [0.3, 0.4) is 0 Å². The van der Waals surface area contributed by atoms with Gasteiger partial charge in [0, 0.05) is 0 Å². The summed E-state index contributed by atoms with van der Waals surface area (Å²) in [6.07, 6.45) is -0.727. The molecule has 39 heavy (non-hydrogen) atoms. The van der Waals surface area contributed by atoms with Gasteiger partial charge in [-0.3, -0.25) is 0 Å². The van der Waals surface area contributed by atoms with E-state index >= 15 is 26.3 Å². The third-order valence-corrected chi connectivity index (χ3v) is 9.40. The molecule has 0 amide bonds. The number of rotatable bonds is 6. The molecule has 0 saturated carbocycles. The Morgan fingerprint density at radius 3 is 0.795 bits per heavy atom. The van der Waals surface area contributed by atoms with E-state index < -0.39 is 123 Å². The van der Waals surface area contributed by atoms with Gasteiger partial charge in [0.05, 0.1) is 21.3 Å². The highest BCUT2D eigenvalue weighted by molar-refractivity contribution is 7.07. The maximum absolute atomic E-state index is 15.1. The van der Waals surface area contributed by atoms with Crippen LogP contribution in [0.4, 0.5) is 65.9 Å². The predicted molar refractivity (Wildman–Crippen MR) is 104 cm³/mol. The normalized spacial score (nSPS) is 11.8. The molecule has 0 aromatic heterocycles. The number of hydrogen-bond donors (Lipinski definition) is 0. The zero-order chi connectivity index (χ0) is 29.9. The van der Waals surface area contributed by atoms with E-state index in [0.29, 0.717) is 0 Å². The Hall–Kier alpha value is -3.63. The van der Waals surface area contributed by atoms with E-state index in [0.717, 1.165) is 6.92 Å². The first-order valence-corrected chi connectivity index (χ1v) is 11.8. The monoisotopic (exact) mass is 600 g/mol. The fourth-order valence-electron chi connectivity index (χ4n) is 3.56. The van der Waals surface area contributed by atoms with Gasteiger partial charge in [-0.1, -0.05) is 13.5 Å². The molecule has 0 unspecified atom stereocenters. The average molecular weight is 600 g/mol. The summed E-state index contributed by atoms with van der Waals surface area (Å²) < 4.78 is 222. The molecule has 0 radical (unpaired) electrons. The third-order valence-electron chi connectivity index (χ3n) is 5.38. The molecule has 3 aromatic rings. The van der Waals surface area contributed by atoms with E-state index in [2.05, 4.69) is 6.58 Å². The van der Waals surface area contributed by atoms with Crippen molar-refractivity contribution in [1.82, 2.24) is 0 Å². The molecule has 0 saturated heterocycles. The molecule has 0 fully saturated rings. The molecule has 0 heterocycles. The minimum absolute atomic E-state index is 0.727. The van der Waals surface area contributed by atoms with Crippen molar-refractivity contribution in [1.29, 1.82) is 0 Å². The van der Waals surface area contributed by atoms with Crippen molar-refractivity contribution in [3.8, 4) is 0 Å². The zero-order valence-electron chi connectivity index (χ0n) is 18.5. The van der Waals surface area contributed by atoms with Gasteiger partial charge >= 0.3 is 8.32 Å². The topological polar surface area (TPSA) is 9.23 Å². The van der Waals surface area contributed by atoms with Crippen molar-refractivity contribution in [2.75, 3.05) is 0 Å². The molecule has 0 bridgehead atoms. The van der Waals surface area contributed by atoms with Gasteiger partial charge in [-0.15, -0.1) is 0 Å². The van der Waals surface area contributed by atoms with E-state index in [9.17, 15) is 39.5 Å². The van der Waals surface area contributed by atoms with Crippen LogP contribution in [0, 0.1) is 87.3 Å². The Labute approximate surface area is 207 Å². The van der Waals surface area contributed by atoms with Crippen LogP contribution >= 0.6 is 0 Å². The number of hydrogen-bond acceptors (Lipinski definition) is 1. The van der Waals surface area contributed by atoms with E-state index in [1.165, 1.54) is 0 Å². The van der Waals surface area contributed by atoms with Crippen LogP contribution < -0.4 is 15.6 Å². The van der Waals surface area contributed by atoms with Crippen LogP contribution in [0.25, 0.3) is 0 Å². The fourth-order valence-corrected chi connectivity index (χ4v) is 7.71. The standard InChI is InChI=1S/C22H7F15OSi/c1-3-4(2)38-39(20-14(32)8(26)5(23)9(27)15(20)33,21-16(34)10(28)6(24)11(29)17(21)35)22-18(36)12(30)7(25)13(31)19(22)37/h2-3H2,1H3. The Bertz CT molecular complexity index is 1300.